The SMILES string of the molecule is CC(=O)N[C@]12C=CC(=O)[C@@H]3ON=C(C(=O)C1)[C@@H]32. The van der Waals surface area contributed by atoms with Gasteiger partial charge in [-0.1, -0.05) is 11.2 Å². The minimum absolute atomic E-state index is 0.139. The second-order valence-electron chi connectivity index (χ2n) is 4.54. The van der Waals surface area contributed by atoms with Crippen LogP contribution in [0.5, 0.6) is 0 Å². The van der Waals surface area contributed by atoms with Gasteiger partial charge in [-0.25, -0.2) is 0 Å². The molecule has 1 N–H and O–H groups in total. The van der Waals surface area contributed by atoms with Gasteiger partial charge in [-0.15, -0.1) is 0 Å². The molecule has 1 aliphatic heterocycles. The summed E-state index contributed by atoms with van der Waals surface area (Å²) in [6.07, 6.45) is 2.31. The third-order valence-corrected chi connectivity index (χ3v) is 3.39. The first kappa shape index (κ1) is 10.2. The van der Waals surface area contributed by atoms with Crippen molar-refractivity contribution < 1.29 is 19.2 Å². The summed E-state index contributed by atoms with van der Waals surface area (Å²) in [4.78, 5) is 39.6. The van der Waals surface area contributed by atoms with Crippen molar-refractivity contribution in [3.8, 4) is 0 Å². The van der Waals surface area contributed by atoms with Crippen LogP contribution < -0.4 is 5.32 Å². The summed E-state index contributed by atoms with van der Waals surface area (Å²) in [5, 5.41) is 6.43. The molecule has 0 bridgehead atoms. The molecule has 1 saturated carbocycles. The predicted octanol–water partition coefficient (Wildman–Crippen LogP) is -0.656. The van der Waals surface area contributed by atoms with E-state index in [9.17, 15) is 14.4 Å². The third-order valence-electron chi connectivity index (χ3n) is 3.39. The minimum atomic E-state index is -0.836. The molecule has 0 radical (unpaired) electrons. The Morgan fingerprint density at radius 2 is 2.35 bits per heavy atom. The molecular weight excluding hydrogens is 224 g/mol. The number of carbonyl (C=O) groups excluding carboxylic acids is 3. The molecule has 6 nitrogen and oxygen atoms in total. The lowest BCUT2D eigenvalue weighted by Gasteiger charge is -2.35. The highest BCUT2D eigenvalue weighted by molar-refractivity contribution is 6.45. The largest absolute Gasteiger partial charge is 0.383 e. The van der Waals surface area contributed by atoms with Crippen LogP contribution in [0.4, 0.5) is 0 Å². The molecule has 1 fully saturated rings. The first-order valence-electron chi connectivity index (χ1n) is 5.32. The maximum Gasteiger partial charge on any atom is 0.217 e. The highest BCUT2D eigenvalue weighted by Crippen LogP contribution is 2.42. The molecule has 1 heterocycles. The fraction of sp³-hybridized carbons (Fsp3) is 0.455. The molecule has 3 atom stereocenters. The normalized spacial score (nSPS) is 37.6. The van der Waals surface area contributed by atoms with Crippen molar-refractivity contribution >= 4 is 23.2 Å². The van der Waals surface area contributed by atoms with Gasteiger partial charge in [0.2, 0.25) is 5.91 Å². The van der Waals surface area contributed by atoms with Crippen LogP contribution in [0.1, 0.15) is 13.3 Å². The van der Waals surface area contributed by atoms with Gasteiger partial charge in [-0.05, 0) is 6.08 Å². The molecule has 0 spiro atoms. The number of nitrogens with one attached hydrogen (secondary N) is 1. The van der Waals surface area contributed by atoms with E-state index in [0.717, 1.165) is 0 Å². The number of oxime groups is 1. The van der Waals surface area contributed by atoms with E-state index in [1.807, 2.05) is 0 Å². The Morgan fingerprint density at radius 1 is 1.59 bits per heavy atom. The van der Waals surface area contributed by atoms with Gasteiger partial charge in [-0.3, -0.25) is 14.4 Å². The molecule has 0 unspecified atom stereocenters. The summed E-state index contributed by atoms with van der Waals surface area (Å²) in [5.74, 6) is -1.12. The lowest BCUT2D eigenvalue weighted by atomic mass is 9.77. The summed E-state index contributed by atoms with van der Waals surface area (Å²) in [6, 6.07) is 0. The van der Waals surface area contributed by atoms with Crippen LogP contribution >= 0.6 is 0 Å². The quantitative estimate of drug-likeness (QED) is 0.653. The Kier molecular flexibility index (Phi) is 1.81. The van der Waals surface area contributed by atoms with Gasteiger partial charge < -0.3 is 10.2 Å². The molecule has 0 saturated heterocycles. The monoisotopic (exact) mass is 234 g/mol. The highest BCUT2D eigenvalue weighted by Gasteiger charge is 2.61. The summed E-state index contributed by atoms with van der Waals surface area (Å²) in [5.41, 5.74) is -0.571. The molecule has 2 aliphatic carbocycles. The number of nitrogens with zero attached hydrogens (tertiary/aromatic N) is 1. The van der Waals surface area contributed by atoms with Crippen molar-refractivity contribution in [2.75, 3.05) is 0 Å². The van der Waals surface area contributed by atoms with E-state index < -0.39 is 17.6 Å². The van der Waals surface area contributed by atoms with Gasteiger partial charge in [0.1, 0.15) is 5.71 Å². The van der Waals surface area contributed by atoms with E-state index in [2.05, 4.69) is 10.5 Å². The van der Waals surface area contributed by atoms with Crippen LogP contribution in [0.15, 0.2) is 17.3 Å². The number of hydrogen-bond donors (Lipinski definition) is 1. The molecule has 1 amide bonds. The fourth-order valence-corrected chi connectivity index (χ4v) is 2.78. The second kappa shape index (κ2) is 3.03. The van der Waals surface area contributed by atoms with Crippen molar-refractivity contribution in [2.45, 2.75) is 25.0 Å². The van der Waals surface area contributed by atoms with E-state index in [4.69, 9.17) is 4.84 Å². The van der Waals surface area contributed by atoms with Gasteiger partial charge in [0.05, 0.1) is 11.5 Å². The first-order chi connectivity index (χ1) is 8.03. The van der Waals surface area contributed by atoms with Crippen LogP contribution in [0, 0.1) is 5.92 Å². The molecule has 0 aromatic carbocycles. The topological polar surface area (TPSA) is 84.8 Å². The number of amides is 1. The smallest absolute Gasteiger partial charge is 0.217 e. The summed E-state index contributed by atoms with van der Waals surface area (Å²) in [7, 11) is 0. The van der Waals surface area contributed by atoms with Gasteiger partial charge >= 0.3 is 0 Å². The maximum atomic E-state index is 11.8. The average Bonchev–Trinajstić information content (AvgIpc) is 2.77. The zero-order valence-corrected chi connectivity index (χ0v) is 9.10. The Bertz CT molecular complexity index is 508. The number of Topliss-reactive ketones (excluding diaryl/α,β-unsaturated/α-hetero) is 1. The van der Waals surface area contributed by atoms with Crippen LogP contribution in [0.2, 0.25) is 0 Å². The van der Waals surface area contributed by atoms with Crippen LogP contribution in [-0.2, 0) is 19.2 Å². The van der Waals surface area contributed by atoms with Crippen molar-refractivity contribution in [3.63, 3.8) is 0 Å². The number of carbonyl (C=O) groups is 3. The Morgan fingerprint density at radius 3 is 3.06 bits per heavy atom. The van der Waals surface area contributed by atoms with E-state index in [0.29, 0.717) is 0 Å². The van der Waals surface area contributed by atoms with Gasteiger partial charge in [-0.2, -0.15) is 0 Å². The lowest BCUT2D eigenvalue weighted by Crippen LogP contribution is -2.56. The van der Waals surface area contributed by atoms with Crippen LogP contribution in [0.3, 0.4) is 0 Å². The molecule has 0 aromatic heterocycles. The molecule has 3 aliphatic rings. The standard InChI is InChI=1S/C11H10N2O4/c1-5(14)12-11-3-2-6(15)10-8(11)9(13-17-10)7(16)4-11/h2-3,8,10H,4H2,1H3,(H,12,14)/t8-,10-,11+/m0/s1. The van der Waals surface area contributed by atoms with E-state index in [-0.39, 0.29) is 29.6 Å². The number of ketones is 2. The van der Waals surface area contributed by atoms with Gasteiger partial charge in [0.25, 0.3) is 0 Å². The number of rotatable bonds is 1. The van der Waals surface area contributed by atoms with E-state index in [1.54, 1.807) is 6.08 Å². The van der Waals surface area contributed by atoms with Crippen molar-refractivity contribution in [1.82, 2.24) is 5.32 Å². The van der Waals surface area contributed by atoms with Crippen molar-refractivity contribution in [3.05, 3.63) is 12.2 Å². The van der Waals surface area contributed by atoms with Crippen molar-refractivity contribution in [1.29, 1.82) is 0 Å². The van der Waals surface area contributed by atoms with Crippen molar-refractivity contribution in [2.24, 2.45) is 11.1 Å². The summed E-state index contributed by atoms with van der Waals surface area (Å²) >= 11 is 0. The minimum Gasteiger partial charge on any atom is -0.383 e. The Balaban J connectivity index is 2.10. The predicted molar refractivity (Wildman–Crippen MR) is 56.1 cm³/mol. The van der Waals surface area contributed by atoms with Gasteiger partial charge in [0.15, 0.2) is 17.7 Å². The average molecular weight is 234 g/mol. The fourth-order valence-electron chi connectivity index (χ4n) is 2.78. The molecule has 88 valence electrons. The number of hydrogen-bond acceptors (Lipinski definition) is 5. The van der Waals surface area contributed by atoms with E-state index >= 15 is 0 Å². The Hall–Kier alpha value is -1.98. The molecule has 6 heteroatoms. The lowest BCUT2D eigenvalue weighted by molar-refractivity contribution is -0.130. The molecule has 3 rings (SSSR count). The highest BCUT2D eigenvalue weighted by atomic mass is 16.6. The van der Waals surface area contributed by atoms with Crippen LogP contribution in [0.25, 0.3) is 0 Å². The van der Waals surface area contributed by atoms with Gasteiger partial charge in [0, 0.05) is 13.3 Å². The third kappa shape index (κ3) is 1.20. The molecular formula is C11H10N2O4. The summed E-state index contributed by atoms with van der Waals surface area (Å²) < 4.78 is 0. The second-order valence-corrected chi connectivity index (χ2v) is 4.54. The first-order valence-corrected chi connectivity index (χ1v) is 5.32. The zero-order valence-electron chi connectivity index (χ0n) is 9.10. The molecule has 17 heavy (non-hydrogen) atoms. The zero-order chi connectivity index (χ0) is 12.2. The Labute approximate surface area is 96.7 Å². The van der Waals surface area contributed by atoms with Crippen LogP contribution in [-0.4, -0.2) is 34.8 Å². The van der Waals surface area contributed by atoms with E-state index in [1.165, 1.54) is 13.0 Å². The molecule has 0 aromatic rings. The maximum absolute atomic E-state index is 11.8. The summed E-state index contributed by atoms with van der Waals surface area (Å²) in [6.45, 7) is 1.38.